The predicted molar refractivity (Wildman–Crippen MR) is 89.4 cm³/mol. The van der Waals surface area contributed by atoms with Crippen LogP contribution >= 0.6 is 11.6 Å². The number of fused-ring (bicyclic) bond motifs is 1. The molecule has 0 fully saturated rings. The highest BCUT2D eigenvalue weighted by atomic mass is 35.5. The van der Waals surface area contributed by atoms with Gasteiger partial charge in [-0.05, 0) is 32.0 Å². The molecule has 1 atom stereocenters. The normalized spacial score (nSPS) is 12.5. The molecule has 1 unspecified atom stereocenters. The molecule has 0 saturated heterocycles. The average Bonchev–Trinajstić information content (AvgIpc) is 2.87. The van der Waals surface area contributed by atoms with Crippen molar-refractivity contribution in [2.45, 2.75) is 19.9 Å². The summed E-state index contributed by atoms with van der Waals surface area (Å²) in [5.74, 6) is -0.262. The van der Waals surface area contributed by atoms with Crippen LogP contribution in [0.3, 0.4) is 0 Å². The van der Waals surface area contributed by atoms with Gasteiger partial charge in [-0.1, -0.05) is 23.7 Å². The smallest absolute Gasteiger partial charge is 0.264 e. The van der Waals surface area contributed by atoms with E-state index in [-0.39, 0.29) is 5.56 Å². The largest absolute Gasteiger partial charge is 0.368 e. The first kappa shape index (κ1) is 15.3. The first-order valence-electron chi connectivity index (χ1n) is 7.05. The van der Waals surface area contributed by atoms with Crippen LogP contribution < -0.4 is 11.3 Å². The van der Waals surface area contributed by atoms with Gasteiger partial charge in [0.15, 0.2) is 0 Å². The molecule has 2 heterocycles. The summed E-state index contributed by atoms with van der Waals surface area (Å²) in [5.41, 5.74) is 7.00. The maximum atomic E-state index is 12.8. The van der Waals surface area contributed by atoms with Crippen LogP contribution in [0.2, 0.25) is 5.02 Å². The fourth-order valence-corrected chi connectivity index (χ4v) is 2.72. The quantitative estimate of drug-likeness (QED) is 0.772. The number of primary amides is 1. The van der Waals surface area contributed by atoms with Crippen molar-refractivity contribution in [3.05, 3.63) is 51.4 Å². The monoisotopic (exact) mass is 330 g/mol. The van der Waals surface area contributed by atoms with Crippen molar-refractivity contribution < 1.29 is 4.79 Å². The summed E-state index contributed by atoms with van der Waals surface area (Å²) in [6, 6.07) is 7.82. The van der Waals surface area contributed by atoms with Gasteiger partial charge in [-0.25, -0.2) is 4.98 Å². The molecule has 1 amide bonds. The van der Waals surface area contributed by atoms with E-state index < -0.39 is 11.9 Å². The Morgan fingerprint density at radius 2 is 2.13 bits per heavy atom. The van der Waals surface area contributed by atoms with E-state index >= 15 is 0 Å². The van der Waals surface area contributed by atoms with Gasteiger partial charge in [-0.3, -0.25) is 14.2 Å². The van der Waals surface area contributed by atoms with Gasteiger partial charge in [0, 0.05) is 16.3 Å². The minimum absolute atomic E-state index is 0.319. The van der Waals surface area contributed by atoms with Crippen molar-refractivity contribution in [3.63, 3.8) is 0 Å². The molecular weight excluding hydrogens is 316 g/mol. The highest BCUT2D eigenvalue weighted by Crippen LogP contribution is 2.24. The van der Waals surface area contributed by atoms with Crippen LogP contribution in [0, 0.1) is 6.92 Å². The summed E-state index contributed by atoms with van der Waals surface area (Å²) in [6.07, 6.45) is 0. The van der Waals surface area contributed by atoms with Gasteiger partial charge in [0.25, 0.3) is 5.56 Å². The van der Waals surface area contributed by atoms with Crippen molar-refractivity contribution in [2.75, 3.05) is 0 Å². The first-order chi connectivity index (χ1) is 10.9. The number of hydrogen-bond donors (Lipinski definition) is 2. The summed E-state index contributed by atoms with van der Waals surface area (Å²) in [5, 5.41) is 0.930. The Labute approximate surface area is 136 Å². The number of halogens is 1. The second-order valence-corrected chi connectivity index (χ2v) is 5.85. The number of benzene rings is 1. The SMILES string of the molecule is Cc1cc2c(=O)n(C(C)C(N)=O)c(-c3cccc(Cl)c3)nc2[nH]1. The molecule has 2 aromatic heterocycles. The van der Waals surface area contributed by atoms with E-state index in [9.17, 15) is 9.59 Å². The van der Waals surface area contributed by atoms with E-state index in [1.165, 1.54) is 4.57 Å². The van der Waals surface area contributed by atoms with Gasteiger partial charge >= 0.3 is 0 Å². The van der Waals surface area contributed by atoms with Crippen molar-refractivity contribution in [3.8, 4) is 11.4 Å². The molecule has 0 aliphatic rings. The van der Waals surface area contributed by atoms with Crippen LogP contribution in [0.5, 0.6) is 0 Å². The molecule has 0 aliphatic heterocycles. The van der Waals surface area contributed by atoms with Crippen LogP contribution in [-0.2, 0) is 4.79 Å². The maximum Gasteiger partial charge on any atom is 0.264 e. The Balaban J connectivity index is 2.40. The fourth-order valence-electron chi connectivity index (χ4n) is 2.53. The summed E-state index contributed by atoms with van der Waals surface area (Å²) >= 11 is 6.04. The number of carbonyl (C=O) groups excluding carboxylic acids is 1. The Bertz CT molecular complexity index is 974. The number of aryl methyl sites for hydroxylation is 1. The van der Waals surface area contributed by atoms with Gasteiger partial charge in [0.1, 0.15) is 17.5 Å². The molecule has 118 valence electrons. The maximum absolute atomic E-state index is 12.8. The predicted octanol–water partition coefficient (Wildman–Crippen LogP) is 2.40. The van der Waals surface area contributed by atoms with Gasteiger partial charge in [0.2, 0.25) is 5.91 Å². The van der Waals surface area contributed by atoms with Crippen LogP contribution in [0.1, 0.15) is 18.7 Å². The minimum atomic E-state index is -0.830. The Morgan fingerprint density at radius 3 is 2.78 bits per heavy atom. The van der Waals surface area contributed by atoms with E-state index in [1.54, 1.807) is 37.3 Å². The van der Waals surface area contributed by atoms with Gasteiger partial charge < -0.3 is 10.7 Å². The van der Waals surface area contributed by atoms with Crippen LogP contribution in [0.25, 0.3) is 22.4 Å². The van der Waals surface area contributed by atoms with Gasteiger partial charge in [0.05, 0.1) is 5.39 Å². The lowest BCUT2D eigenvalue weighted by Gasteiger charge is -2.16. The molecule has 3 aromatic rings. The number of hydrogen-bond acceptors (Lipinski definition) is 3. The Hall–Kier alpha value is -2.60. The second-order valence-electron chi connectivity index (χ2n) is 5.41. The number of aromatic nitrogens is 3. The Kier molecular flexibility index (Phi) is 3.69. The number of nitrogens with zero attached hydrogens (tertiary/aromatic N) is 2. The molecule has 0 radical (unpaired) electrons. The van der Waals surface area contributed by atoms with E-state index in [4.69, 9.17) is 17.3 Å². The van der Waals surface area contributed by atoms with Gasteiger partial charge in [-0.15, -0.1) is 0 Å². The number of H-pyrrole nitrogens is 1. The van der Waals surface area contributed by atoms with E-state index in [0.29, 0.717) is 27.4 Å². The number of aromatic amines is 1. The molecule has 0 bridgehead atoms. The molecule has 0 spiro atoms. The molecule has 6 nitrogen and oxygen atoms in total. The molecule has 23 heavy (non-hydrogen) atoms. The second kappa shape index (κ2) is 5.55. The van der Waals surface area contributed by atoms with E-state index in [2.05, 4.69) is 9.97 Å². The molecule has 0 saturated carbocycles. The van der Waals surface area contributed by atoms with Crippen LogP contribution in [-0.4, -0.2) is 20.4 Å². The zero-order valence-electron chi connectivity index (χ0n) is 12.6. The van der Waals surface area contributed by atoms with Crippen molar-refractivity contribution in [1.82, 2.24) is 14.5 Å². The summed E-state index contributed by atoms with van der Waals surface area (Å²) in [7, 11) is 0. The van der Waals surface area contributed by atoms with Crippen molar-refractivity contribution in [2.24, 2.45) is 5.73 Å². The van der Waals surface area contributed by atoms with E-state index in [1.807, 2.05) is 6.92 Å². The molecule has 1 aromatic carbocycles. The first-order valence-corrected chi connectivity index (χ1v) is 7.43. The zero-order valence-corrected chi connectivity index (χ0v) is 13.4. The minimum Gasteiger partial charge on any atom is -0.368 e. The lowest BCUT2D eigenvalue weighted by molar-refractivity contribution is -0.120. The molecule has 3 rings (SSSR count). The number of amides is 1. The molecule has 7 heteroatoms. The third-order valence-corrected chi connectivity index (χ3v) is 3.94. The third-order valence-electron chi connectivity index (χ3n) is 3.71. The molecule has 3 N–H and O–H groups in total. The van der Waals surface area contributed by atoms with Crippen molar-refractivity contribution in [1.29, 1.82) is 0 Å². The lowest BCUT2D eigenvalue weighted by Crippen LogP contribution is -2.33. The fraction of sp³-hybridized carbons (Fsp3) is 0.188. The average molecular weight is 331 g/mol. The van der Waals surface area contributed by atoms with Gasteiger partial charge in [-0.2, -0.15) is 0 Å². The Morgan fingerprint density at radius 1 is 1.39 bits per heavy atom. The van der Waals surface area contributed by atoms with Crippen LogP contribution in [0.15, 0.2) is 35.1 Å². The summed E-state index contributed by atoms with van der Waals surface area (Å²) in [4.78, 5) is 32.0. The van der Waals surface area contributed by atoms with E-state index in [0.717, 1.165) is 5.69 Å². The molecular formula is C16H15ClN4O2. The zero-order chi connectivity index (χ0) is 16.7. The highest BCUT2D eigenvalue weighted by molar-refractivity contribution is 6.30. The summed E-state index contributed by atoms with van der Waals surface area (Å²) < 4.78 is 1.31. The number of rotatable bonds is 3. The third kappa shape index (κ3) is 2.61. The summed E-state index contributed by atoms with van der Waals surface area (Å²) in [6.45, 7) is 3.41. The molecule has 0 aliphatic carbocycles. The number of carbonyl (C=O) groups is 1. The van der Waals surface area contributed by atoms with Crippen molar-refractivity contribution >= 4 is 28.5 Å². The highest BCUT2D eigenvalue weighted by Gasteiger charge is 2.21. The number of nitrogens with one attached hydrogen (secondary N) is 1. The van der Waals surface area contributed by atoms with Crippen LogP contribution in [0.4, 0.5) is 0 Å². The lowest BCUT2D eigenvalue weighted by atomic mass is 10.1. The standard InChI is InChI=1S/C16H15ClN4O2/c1-8-6-12-14(19-8)20-15(10-4-3-5-11(17)7-10)21(16(12)23)9(2)13(18)22/h3-7,9,19H,1-2H3,(H2,18,22). The topological polar surface area (TPSA) is 93.8 Å². The number of nitrogens with two attached hydrogens (primary N) is 1.